The van der Waals surface area contributed by atoms with Crippen molar-refractivity contribution in [1.82, 2.24) is 4.98 Å². The second-order valence-corrected chi connectivity index (χ2v) is 4.09. The molecule has 1 heterocycles. The van der Waals surface area contributed by atoms with E-state index in [0.717, 1.165) is 11.2 Å². The highest BCUT2D eigenvalue weighted by Gasteiger charge is 1.96. The second kappa shape index (κ2) is 3.59. The SMILES string of the molecule is NCc1ccc2cc(I)ccc2n1. The molecular weight excluding hydrogens is 275 g/mol. The lowest BCUT2D eigenvalue weighted by molar-refractivity contribution is 1.01. The monoisotopic (exact) mass is 284 g/mol. The van der Waals surface area contributed by atoms with E-state index in [1.54, 1.807) is 0 Å². The van der Waals surface area contributed by atoms with E-state index >= 15 is 0 Å². The number of halogens is 1. The van der Waals surface area contributed by atoms with E-state index in [4.69, 9.17) is 5.73 Å². The summed E-state index contributed by atoms with van der Waals surface area (Å²) < 4.78 is 1.23. The van der Waals surface area contributed by atoms with Gasteiger partial charge in [-0.2, -0.15) is 0 Å². The van der Waals surface area contributed by atoms with Crippen LogP contribution in [0.15, 0.2) is 30.3 Å². The third kappa shape index (κ3) is 1.81. The van der Waals surface area contributed by atoms with Crippen molar-refractivity contribution in [2.24, 2.45) is 5.73 Å². The van der Waals surface area contributed by atoms with Crippen molar-refractivity contribution in [2.75, 3.05) is 0 Å². The molecule has 0 radical (unpaired) electrons. The molecule has 0 saturated heterocycles. The molecule has 66 valence electrons. The van der Waals surface area contributed by atoms with Crippen LogP contribution < -0.4 is 5.73 Å². The van der Waals surface area contributed by atoms with E-state index in [0.29, 0.717) is 6.54 Å². The van der Waals surface area contributed by atoms with Crippen molar-refractivity contribution in [3.63, 3.8) is 0 Å². The molecule has 0 bridgehead atoms. The molecule has 2 N–H and O–H groups in total. The minimum atomic E-state index is 0.502. The zero-order valence-electron chi connectivity index (χ0n) is 7.00. The lowest BCUT2D eigenvalue weighted by atomic mass is 10.2. The Morgan fingerprint density at radius 2 is 2.08 bits per heavy atom. The summed E-state index contributed by atoms with van der Waals surface area (Å²) >= 11 is 2.29. The fraction of sp³-hybridized carbons (Fsp3) is 0.100. The van der Waals surface area contributed by atoms with Crippen molar-refractivity contribution >= 4 is 33.5 Å². The lowest BCUT2D eigenvalue weighted by Crippen LogP contribution is -1.98. The predicted molar refractivity (Wildman–Crippen MR) is 62.4 cm³/mol. The van der Waals surface area contributed by atoms with Gasteiger partial charge in [-0.3, -0.25) is 4.98 Å². The average molecular weight is 284 g/mol. The van der Waals surface area contributed by atoms with Gasteiger partial charge in [0.2, 0.25) is 0 Å². The summed E-state index contributed by atoms with van der Waals surface area (Å²) in [5, 5.41) is 1.17. The van der Waals surface area contributed by atoms with Crippen LogP contribution in [-0.4, -0.2) is 4.98 Å². The molecule has 0 aliphatic carbocycles. The van der Waals surface area contributed by atoms with Crippen LogP contribution in [0.3, 0.4) is 0 Å². The maximum absolute atomic E-state index is 5.51. The van der Waals surface area contributed by atoms with Crippen LogP contribution in [0.1, 0.15) is 5.69 Å². The molecule has 2 rings (SSSR count). The van der Waals surface area contributed by atoms with E-state index in [2.05, 4.69) is 45.8 Å². The molecule has 3 heteroatoms. The molecule has 1 aromatic heterocycles. The summed E-state index contributed by atoms with van der Waals surface area (Å²) in [5.41, 5.74) is 7.46. The Bertz CT molecular complexity index is 440. The van der Waals surface area contributed by atoms with E-state index in [-0.39, 0.29) is 0 Å². The van der Waals surface area contributed by atoms with Crippen LogP contribution in [0.25, 0.3) is 10.9 Å². The van der Waals surface area contributed by atoms with Gasteiger partial charge in [-0.15, -0.1) is 0 Å². The van der Waals surface area contributed by atoms with E-state index in [1.807, 2.05) is 12.1 Å². The topological polar surface area (TPSA) is 38.9 Å². The summed E-state index contributed by atoms with van der Waals surface area (Å²) in [4.78, 5) is 4.41. The Balaban J connectivity index is 2.66. The Morgan fingerprint density at radius 1 is 1.23 bits per heavy atom. The number of aromatic nitrogens is 1. The summed E-state index contributed by atoms with van der Waals surface area (Å²) in [6.45, 7) is 0.502. The summed E-state index contributed by atoms with van der Waals surface area (Å²) in [6.07, 6.45) is 0. The van der Waals surface area contributed by atoms with Gasteiger partial charge in [0.25, 0.3) is 0 Å². The zero-order chi connectivity index (χ0) is 9.26. The number of pyridine rings is 1. The molecule has 0 aliphatic rings. The van der Waals surface area contributed by atoms with Gasteiger partial charge in [0.1, 0.15) is 0 Å². The highest BCUT2D eigenvalue weighted by molar-refractivity contribution is 14.1. The number of nitrogens with two attached hydrogens (primary N) is 1. The average Bonchev–Trinajstić information content (AvgIpc) is 2.17. The van der Waals surface area contributed by atoms with Crippen molar-refractivity contribution < 1.29 is 0 Å². The highest BCUT2D eigenvalue weighted by Crippen LogP contribution is 2.15. The largest absolute Gasteiger partial charge is 0.325 e. The number of nitrogens with zero attached hydrogens (tertiary/aromatic N) is 1. The zero-order valence-corrected chi connectivity index (χ0v) is 9.15. The molecule has 2 aromatic rings. The minimum Gasteiger partial charge on any atom is -0.325 e. The molecule has 13 heavy (non-hydrogen) atoms. The summed E-state index contributed by atoms with van der Waals surface area (Å²) in [6, 6.07) is 10.2. The van der Waals surface area contributed by atoms with Crippen LogP contribution in [0, 0.1) is 3.57 Å². The second-order valence-electron chi connectivity index (χ2n) is 2.84. The van der Waals surface area contributed by atoms with Crippen molar-refractivity contribution in [1.29, 1.82) is 0 Å². The van der Waals surface area contributed by atoms with Crippen LogP contribution in [0.4, 0.5) is 0 Å². The molecule has 0 atom stereocenters. The molecule has 0 amide bonds. The van der Waals surface area contributed by atoms with E-state index in [1.165, 1.54) is 8.96 Å². The molecule has 2 nitrogen and oxygen atoms in total. The Morgan fingerprint density at radius 3 is 2.85 bits per heavy atom. The van der Waals surface area contributed by atoms with Gasteiger partial charge in [0.05, 0.1) is 11.2 Å². The fourth-order valence-corrected chi connectivity index (χ4v) is 1.77. The van der Waals surface area contributed by atoms with Gasteiger partial charge in [-0.05, 0) is 46.9 Å². The number of benzene rings is 1. The van der Waals surface area contributed by atoms with Gasteiger partial charge in [0.15, 0.2) is 0 Å². The van der Waals surface area contributed by atoms with Crippen LogP contribution in [-0.2, 0) is 6.54 Å². The van der Waals surface area contributed by atoms with Crippen molar-refractivity contribution in [2.45, 2.75) is 6.54 Å². The minimum absolute atomic E-state index is 0.502. The van der Waals surface area contributed by atoms with Gasteiger partial charge < -0.3 is 5.73 Å². The van der Waals surface area contributed by atoms with Gasteiger partial charge >= 0.3 is 0 Å². The molecule has 0 saturated carbocycles. The highest BCUT2D eigenvalue weighted by atomic mass is 127. The Hall–Kier alpha value is -0.680. The summed E-state index contributed by atoms with van der Waals surface area (Å²) in [5.74, 6) is 0. The summed E-state index contributed by atoms with van der Waals surface area (Å²) in [7, 11) is 0. The van der Waals surface area contributed by atoms with E-state index in [9.17, 15) is 0 Å². The standard InChI is InChI=1S/C10H9IN2/c11-8-2-4-10-7(5-8)1-3-9(6-12)13-10/h1-5H,6,12H2. The third-order valence-corrected chi connectivity index (χ3v) is 2.59. The number of hydrogen-bond acceptors (Lipinski definition) is 2. The molecule has 0 fully saturated rings. The molecule has 1 aromatic carbocycles. The fourth-order valence-electron chi connectivity index (χ4n) is 1.25. The first-order valence-electron chi connectivity index (χ1n) is 4.05. The van der Waals surface area contributed by atoms with Crippen LogP contribution in [0.2, 0.25) is 0 Å². The number of hydrogen-bond donors (Lipinski definition) is 1. The van der Waals surface area contributed by atoms with Crippen molar-refractivity contribution in [3.8, 4) is 0 Å². The first-order valence-corrected chi connectivity index (χ1v) is 5.13. The third-order valence-electron chi connectivity index (χ3n) is 1.92. The Labute approximate surface area is 90.3 Å². The van der Waals surface area contributed by atoms with Gasteiger partial charge in [-0.25, -0.2) is 0 Å². The molecule has 0 aliphatic heterocycles. The first kappa shape index (κ1) is 8.90. The lowest BCUT2D eigenvalue weighted by Gasteiger charge is -2.00. The smallest absolute Gasteiger partial charge is 0.0706 e. The normalized spacial score (nSPS) is 10.6. The molecule has 0 unspecified atom stereocenters. The quantitative estimate of drug-likeness (QED) is 0.816. The predicted octanol–water partition coefficient (Wildman–Crippen LogP) is 2.30. The van der Waals surface area contributed by atoms with Crippen LogP contribution >= 0.6 is 22.6 Å². The van der Waals surface area contributed by atoms with Crippen LogP contribution in [0.5, 0.6) is 0 Å². The van der Waals surface area contributed by atoms with Gasteiger partial charge in [0, 0.05) is 15.5 Å². The number of rotatable bonds is 1. The Kier molecular flexibility index (Phi) is 2.46. The van der Waals surface area contributed by atoms with E-state index < -0.39 is 0 Å². The molecule has 0 spiro atoms. The maximum Gasteiger partial charge on any atom is 0.0706 e. The molecular formula is C10H9IN2. The van der Waals surface area contributed by atoms with Gasteiger partial charge in [-0.1, -0.05) is 6.07 Å². The van der Waals surface area contributed by atoms with Crippen molar-refractivity contribution in [3.05, 3.63) is 39.6 Å². The first-order chi connectivity index (χ1) is 6.29. The maximum atomic E-state index is 5.51. The number of fused-ring (bicyclic) bond motifs is 1.